The van der Waals surface area contributed by atoms with Gasteiger partial charge < -0.3 is 10.1 Å². The Bertz CT molecular complexity index is 402. The van der Waals surface area contributed by atoms with Crippen LogP contribution < -0.4 is 10.1 Å². The zero-order chi connectivity index (χ0) is 13.7. The van der Waals surface area contributed by atoms with Crippen LogP contribution in [0, 0.1) is 12.7 Å². The molecule has 1 aromatic rings. The van der Waals surface area contributed by atoms with Gasteiger partial charge in [-0.25, -0.2) is 4.39 Å². The van der Waals surface area contributed by atoms with Gasteiger partial charge in [-0.3, -0.25) is 0 Å². The molecule has 106 valence electrons. The number of hydrogen-bond donors (Lipinski definition) is 1. The van der Waals surface area contributed by atoms with E-state index in [1.54, 1.807) is 19.1 Å². The first-order valence-corrected chi connectivity index (χ1v) is 7.31. The molecule has 0 bridgehead atoms. The number of rotatable bonds is 5. The van der Waals surface area contributed by atoms with Gasteiger partial charge in [-0.05, 0) is 50.5 Å². The molecule has 0 spiro atoms. The van der Waals surface area contributed by atoms with Crippen LogP contribution in [-0.4, -0.2) is 18.7 Å². The molecule has 1 N–H and O–H groups in total. The van der Waals surface area contributed by atoms with Crippen LogP contribution >= 0.6 is 0 Å². The zero-order valence-electron chi connectivity index (χ0n) is 11.9. The fourth-order valence-corrected chi connectivity index (χ4v) is 2.60. The molecule has 3 heteroatoms. The van der Waals surface area contributed by atoms with Gasteiger partial charge in [0.25, 0.3) is 0 Å². The number of aryl methyl sites for hydroxylation is 1. The van der Waals surface area contributed by atoms with Crippen LogP contribution in [0.1, 0.15) is 44.6 Å². The summed E-state index contributed by atoms with van der Waals surface area (Å²) >= 11 is 0. The van der Waals surface area contributed by atoms with Crippen molar-refractivity contribution in [3.05, 3.63) is 29.6 Å². The van der Waals surface area contributed by atoms with Crippen molar-refractivity contribution in [2.24, 2.45) is 0 Å². The van der Waals surface area contributed by atoms with Gasteiger partial charge >= 0.3 is 0 Å². The summed E-state index contributed by atoms with van der Waals surface area (Å²) in [6.07, 6.45) is 6.71. The molecule has 0 amide bonds. The van der Waals surface area contributed by atoms with E-state index in [0.29, 0.717) is 11.6 Å². The lowest BCUT2D eigenvalue weighted by molar-refractivity contribution is 0.205. The summed E-state index contributed by atoms with van der Waals surface area (Å²) < 4.78 is 19.0. The normalized spacial score (nSPS) is 18.3. The van der Waals surface area contributed by atoms with E-state index < -0.39 is 0 Å². The summed E-state index contributed by atoms with van der Waals surface area (Å²) in [7, 11) is 0. The number of nitrogens with one attached hydrogen (secondary N) is 1. The second kappa shape index (κ2) is 6.90. The highest BCUT2D eigenvalue weighted by Crippen LogP contribution is 2.19. The van der Waals surface area contributed by atoms with E-state index in [1.165, 1.54) is 38.2 Å². The quantitative estimate of drug-likeness (QED) is 0.873. The largest absolute Gasteiger partial charge is 0.489 e. The summed E-state index contributed by atoms with van der Waals surface area (Å²) in [5.74, 6) is 0.567. The fraction of sp³-hybridized carbons (Fsp3) is 0.625. The van der Waals surface area contributed by atoms with Crippen LogP contribution in [0.15, 0.2) is 18.2 Å². The lowest BCUT2D eigenvalue weighted by Crippen LogP contribution is -2.37. The monoisotopic (exact) mass is 265 g/mol. The Morgan fingerprint density at radius 2 is 2.05 bits per heavy atom. The molecule has 1 atom stereocenters. The van der Waals surface area contributed by atoms with Crippen molar-refractivity contribution >= 4 is 0 Å². The Morgan fingerprint density at radius 1 is 1.32 bits per heavy atom. The molecule has 1 aliphatic rings. The van der Waals surface area contributed by atoms with E-state index in [0.717, 1.165) is 12.3 Å². The average molecular weight is 265 g/mol. The van der Waals surface area contributed by atoms with Crippen LogP contribution in [0.25, 0.3) is 0 Å². The van der Waals surface area contributed by atoms with Crippen molar-refractivity contribution in [3.8, 4) is 5.75 Å². The van der Waals surface area contributed by atoms with Crippen molar-refractivity contribution < 1.29 is 9.13 Å². The van der Waals surface area contributed by atoms with Crippen LogP contribution in [0.2, 0.25) is 0 Å². The maximum Gasteiger partial charge on any atom is 0.126 e. The number of ether oxygens (including phenoxy) is 1. The predicted octanol–water partition coefficient (Wildman–Crippen LogP) is 3.82. The first-order chi connectivity index (χ1) is 9.15. The van der Waals surface area contributed by atoms with Crippen LogP contribution in [0.4, 0.5) is 4.39 Å². The molecule has 0 aromatic heterocycles. The SMILES string of the molecule is Cc1cc(OC(C)CNC2CCCCC2)ccc1F. The number of benzene rings is 1. The minimum Gasteiger partial charge on any atom is -0.489 e. The smallest absolute Gasteiger partial charge is 0.126 e. The summed E-state index contributed by atoms with van der Waals surface area (Å²) in [5.41, 5.74) is 0.630. The molecule has 1 aromatic carbocycles. The highest BCUT2D eigenvalue weighted by Gasteiger charge is 2.14. The van der Waals surface area contributed by atoms with Gasteiger partial charge in [0.2, 0.25) is 0 Å². The molecule has 1 saturated carbocycles. The van der Waals surface area contributed by atoms with Crippen molar-refractivity contribution in [2.75, 3.05) is 6.54 Å². The highest BCUT2D eigenvalue weighted by molar-refractivity contribution is 5.28. The molecule has 0 saturated heterocycles. The van der Waals surface area contributed by atoms with E-state index >= 15 is 0 Å². The lowest BCUT2D eigenvalue weighted by Gasteiger charge is -2.25. The van der Waals surface area contributed by atoms with Gasteiger partial charge in [-0.15, -0.1) is 0 Å². The number of hydrogen-bond acceptors (Lipinski definition) is 2. The van der Waals surface area contributed by atoms with Gasteiger partial charge in [0, 0.05) is 12.6 Å². The van der Waals surface area contributed by atoms with Gasteiger partial charge in [0.05, 0.1) is 0 Å². The minimum atomic E-state index is -0.180. The summed E-state index contributed by atoms with van der Waals surface area (Å²) in [5, 5.41) is 3.57. The van der Waals surface area contributed by atoms with Gasteiger partial charge in [-0.1, -0.05) is 19.3 Å². The molecule has 1 fully saturated rings. The second-order valence-corrected chi connectivity index (χ2v) is 5.58. The van der Waals surface area contributed by atoms with Gasteiger partial charge in [0.1, 0.15) is 17.7 Å². The fourth-order valence-electron chi connectivity index (χ4n) is 2.60. The molecule has 2 rings (SSSR count). The third-order valence-corrected chi connectivity index (χ3v) is 3.77. The number of halogens is 1. The van der Waals surface area contributed by atoms with Gasteiger partial charge in [0.15, 0.2) is 0 Å². The van der Waals surface area contributed by atoms with Crippen LogP contribution in [0.3, 0.4) is 0 Å². The van der Waals surface area contributed by atoms with Crippen molar-refractivity contribution in [1.29, 1.82) is 0 Å². The molecule has 0 aliphatic heterocycles. The summed E-state index contributed by atoms with van der Waals surface area (Å²) in [6, 6.07) is 5.56. The Kier molecular flexibility index (Phi) is 5.20. The summed E-state index contributed by atoms with van der Waals surface area (Å²) in [6.45, 7) is 4.66. The summed E-state index contributed by atoms with van der Waals surface area (Å²) in [4.78, 5) is 0. The molecule has 1 aliphatic carbocycles. The maximum absolute atomic E-state index is 13.2. The zero-order valence-corrected chi connectivity index (χ0v) is 11.9. The molecule has 0 radical (unpaired) electrons. The minimum absolute atomic E-state index is 0.104. The predicted molar refractivity (Wildman–Crippen MR) is 76.1 cm³/mol. The first kappa shape index (κ1) is 14.3. The van der Waals surface area contributed by atoms with Crippen molar-refractivity contribution in [2.45, 2.75) is 58.1 Å². The Morgan fingerprint density at radius 3 is 2.74 bits per heavy atom. The Balaban J connectivity index is 1.76. The standard InChI is InChI=1S/C16H24FNO/c1-12-10-15(8-9-16(12)17)19-13(2)11-18-14-6-4-3-5-7-14/h8-10,13-14,18H,3-7,11H2,1-2H3. The second-order valence-electron chi connectivity index (χ2n) is 5.58. The topological polar surface area (TPSA) is 21.3 Å². The average Bonchev–Trinajstić information content (AvgIpc) is 2.42. The molecular formula is C16H24FNO. The lowest BCUT2D eigenvalue weighted by atomic mass is 9.95. The maximum atomic E-state index is 13.2. The molecule has 1 unspecified atom stereocenters. The van der Waals surface area contributed by atoms with E-state index in [4.69, 9.17) is 4.74 Å². The molecule has 2 nitrogen and oxygen atoms in total. The van der Waals surface area contributed by atoms with Crippen molar-refractivity contribution in [3.63, 3.8) is 0 Å². The Labute approximate surface area is 115 Å². The van der Waals surface area contributed by atoms with Crippen LogP contribution in [0.5, 0.6) is 5.75 Å². The van der Waals surface area contributed by atoms with E-state index in [-0.39, 0.29) is 11.9 Å². The third kappa shape index (κ3) is 4.50. The first-order valence-electron chi connectivity index (χ1n) is 7.31. The van der Waals surface area contributed by atoms with Gasteiger partial charge in [-0.2, -0.15) is 0 Å². The van der Waals surface area contributed by atoms with Crippen LogP contribution in [-0.2, 0) is 0 Å². The molecule has 19 heavy (non-hydrogen) atoms. The molecule has 0 heterocycles. The van der Waals surface area contributed by atoms with E-state index in [1.807, 2.05) is 0 Å². The van der Waals surface area contributed by atoms with E-state index in [2.05, 4.69) is 12.2 Å². The highest BCUT2D eigenvalue weighted by atomic mass is 19.1. The Hall–Kier alpha value is -1.09. The third-order valence-electron chi connectivity index (χ3n) is 3.77. The van der Waals surface area contributed by atoms with Crippen molar-refractivity contribution in [1.82, 2.24) is 5.32 Å². The molecular weight excluding hydrogens is 241 g/mol. The van der Waals surface area contributed by atoms with E-state index in [9.17, 15) is 4.39 Å².